The molecule has 0 aromatic heterocycles. The summed E-state index contributed by atoms with van der Waals surface area (Å²) < 4.78 is 5.45. The number of halogens is 2. The highest BCUT2D eigenvalue weighted by Gasteiger charge is 2.11. The van der Waals surface area contributed by atoms with E-state index in [4.69, 9.17) is 33.7 Å². The molecule has 1 amide bonds. The third-order valence-electron chi connectivity index (χ3n) is 3.49. The van der Waals surface area contributed by atoms with Crippen LogP contribution in [-0.4, -0.2) is 12.5 Å². The van der Waals surface area contributed by atoms with Crippen molar-refractivity contribution in [3.63, 3.8) is 0 Å². The average Bonchev–Trinajstić information content (AvgIpc) is 2.98. The quantitative estimate of drug-likeness (QED) is 0.646. The summed E-state index contributed by atoms with van der Waals surface area (Å²) in [5.41, 5.74) is 8.55. The van der Waals surface area contributed by atoms with Gasteiger partial charge in [-0.25, -0.2) is 0 Å². The van der Waals surface area contributed by atoms with Crippen LogP contribution in [0.5, 0.6) is 5.75 Å². The number of hydrogen-bond acceptors (Lipinski definition) is 3. The number of nitrogens with two attached hydrogens (primary N) is 1. The number of anilines is 2. The smallest absolute Gasteiger partial charge is 0.248 e. The Labute approximate surface area is 143 Å². The van der Waals surface area contributed by atoms with Gasteiger partial charge in [-0.2, -0.15) is 0 Å². The fraction of sp³-hybridized carbons (Fsp3) is 0.118. The molecular weight excluding hydrogens is 335 g/mol. The van der Waals surface area contributed by atoms with Gasteiger partial charge >= 0.3 is 0 Å². The maximum atomic E-state index is 12.0. The molecule has 0 radical (unpaired) electrons. The van der Waals surface area contributed by atoms with Crippen LogP contribution < -0.4 is 15.8 Å². The predicted molar refractivity (Wildman–Crippen MR) is 94.2 cm³/mol. The van der Waals surface area contributed by atoms with Gasteiger partial charge in [-0.1, -0.05) is 29.3 Å². The molecule has 0 saturated heterocycles. The van der Waals surface area contributed by atoms with Gasteiger partial charge in [-0.05, 0) is 41.5 Å². The molecule has 0 atom stereocenters. The molecule has 3 rings (SSSR count). The number of benzene rings is 2. The molecule has 0 aliphatic carbocycles. The van der Waals surface area contributed by atoms with Crippen LogP contribution in [0.3, 0.4) is 0 Å². The van der Waals surface area contributed by atoms with Gasteiger partial charge < -0.3 is 15.8 Å². The number of hydrogen-bond donors (Lipinski definition) is 2. The molecule has 0 saturated carbocycles. The van der Waals surface area contributed by atoms with Crippen LogP contribution in [0.1, 0.15) is 11.1 Å². The third kappa shape index (κ3) is 3.60. The molecule has 4 nitrogen and oxygen atoms in total. The normalized spacial score (nSPS) is 13.0. The Morgan fingerprint density at radius 3 is 2.70 bits per heavy atom. The summed E-state index contributed by atoms with van der Waals surface area (Å²) >= 11 is 11.9. The SMILES string of the molecule is Nc1c(Cl)cc(NC(=O)/C=C/c2ccc3c(c2)CCO3)cc1Cl. The largest absolute Gasteiger partial charge is 0.493 e. The summed E-state index contributed by atoms with van der Waals surface area (Å²) in [4.78, 5) is 12.0. The van der Waals surface area contributed by atoms with E-state index in [0.29, 0.717) is 28.0 Å². The monoisotopic (exact) mass is 348 g/mol. The first-order valence-corrected chi connectivity index (χ1v) is 7.78. The number of rotatable bonds is 3. The molecule has 1 heterocycles. The van der Waals surface area contributed by atoms with Crippen molar-refractivity contribution in [2.45, 2.75) is 6.42 Å². The molecule has 0 unspecified atom stereocenters. The van der Waals surface area contributed by atoms with Crippen LogP contribution in [0.2, 0.25) is 10.0 Å². The van der Waals surface area contributed by atoms with Gasteiger partial charge in [0.05, 0.1) is 22.3 Å². The Hall–Kier alpha value is -2.17. The minimum atomic E-state index is -0.279. The second kappa shape index (κ2) is 6.52. The summed E-state index contributed by atoms with van der Waals surface area (Å²) in [5.74, 6) is 0.636. The molecule has 1 aliphatic rings. The van der Waals surface area contributed by atoms with Crippen LogP contribution >= 0.6 is 23.2 Å². The number of amides is 1. The standard InChI is InChI=1S/C17H14Cl2N2O2/c18-13-8-12(9-14(19)17(13)20)21-16(22)4-2-10-1-3-15-11(7-10)5-6-23-15/h1-4,7-9H,5-6,20H2,(H,21,22)/b4-2+. The topological polar surface area (TPSA) is 64.3 Å². The third-order valence-corrected chi connectivity index (χ3v) is 4.11. The number of nitrogen functional groups attached to an aromatic ring is 1. The van der Waals surface area contributed by atoms with E-state index in [2.05, 4.69) is 5.32 Å². The molecule has 6 heteroatoms. The summed E-state index contributed by atoms with van der Waals surface area (Å²) in [7, 11) is 0. The van der Waals surface area contributed by atoms with Gasteiger partial charge in [0.15, 0.2) is 0 Å². The average molecular weight is 349 g/mol. The van der Waals surface area contributed by atoms with E-state index in [1.807, 2.05) is 18.2 Å². The first kappa shape index (κ1) is 15.7. The molecule has 23 heavy (non-hydrogen) atoms. The molecule has 3 N–H and O–H groups in total. The van der Waals surface area contributed by atoms with Gasteiger partial charge in [0, 0.05) is 18.2 Å². The highest BCUT2D eigenvalue weighted by molar-refractivity contribution is 6.39. The highest BCUT2D eigenvalue weighted by atomic mass is 35.5. The number of carbonyl (C=O) groups excluding carboxylic acids is 1. The summed E-state index contributed by atoms with van der Waals surface area (Å²) in [6.07, 6.45) is 4.09. The maximum absolute atomic E-state index is 12.0. The van der Waals surface area contributed by atoms with Crippen molar-refractivity contribution >= 4 is 46.6 Å². The predicted octanol–water partition coefficient (Wildman–Crippen LogP) is 4.16. The summed E-state index contributed by atoms with van der Waals surface area (Å²) in [6, 6.07) is 8.95. The molecule has 1 aliphatic heterocycles. The van der Waals surface area contributed by atoms with Crippen molar-refractivity contribution in [3.05, 3.63) is 57.6 Å². The molecular formula is C17H14Cl2N2O2. The first-order valence-electron chi connectivity index (χ1n) is 7.02. The minimum absolute atomic E-state index is 0.279. The van der Waals surface area contributed by atoms with Crippen LogP contribution in [0.15, 0.2) is 36.4 Å². The van der Waals surface area contributed by atoms with Crippen LogP contribution in [0, 0.1) is 0 Å². The fourth-order valence-corrected chi connectivity index (χ4v) is 2.81. The first-order chi connectivity index (χ1) is 11.0. The molecule has 0 spiro atoms. The zero-order valence-electron chi connectivity index (χ0n) is 12.1. The zero-order chi connectivity index (χ0) is 16.4. The van der Waals surface area contributed by atoms with E-state index in [-0.39, 0.29) is 5.91 Å². The molecule has 0 fully saturated rings. The van der Waals surface area contributed by atoms with Crippen LogP contribution in [0.25, 0.3) is 6.08 Å². The van der Waals surface area contributed by atoms with Crippen LogP contribution in [-0.2, 0) is 11.2 Å². The second-order valence-electron chi connectivity index (χ2n) is 5.14. The van der Waals surface area contributed by atoms with E-state index in [1.54, 1.807) is 18.2 Å². The van der Waals surface area contributed by atoms with E-state index in [9.17, 15) is 4.79 Å². The Balaban J connectivity index is 1.69. The van der Waals surface area contributed by atoms with Crippen LogP contribution in [0.4, 0.5) is 11.4 Å². The van der Waals surface area contributed by atoms with Crippen molar-refractivity contribution in [2.75, 3.05) is 17.7 Å². The Bertz CT molecular complexity index is 780. The van der Waals surface area contributed by atoms with Crippen molar-refractivity contribution < 1.29 is 9.53 Å². The van der Waals surface area contributed by atoms with E-state index >= 15 is 0 Å². The Morgan fingerprint density at radius 2 is 1.96 bits per heavy atom. The number of ether oxygens (including phenoxy) is 1. The lowest BCUT2D eigenvalue weighted by Crippen LogP contribution is -2.08. The Kier molecular flexibility index (Phi) is 4.46. The molecule has 118 valence electrons. The summed E-state index contributed by atoms with van der Waals surface area (Å²) in [5, 5.41) is 3.30. The van der Waals surface area contributed by atoms with Gasteiger partial charge in [0.25, 0.3) is 0 Å². The highest BCUT2D eigenvalue weighted by Crippen LogP contribution is 2.31. The van der Waals surface area contributed by atoms with Gasteiger partial charge in [-0.15, -0.1) is 0 Å². The van der Waals surface area contributed by atoms with Gasteiger partial charge in [0.2, 0.25) is 5.91 Å². The van der Waals surface area contributed by atoms with Crippen molar-refractivity contribution in [1.29, 1.82) is 0 Å². The lowest BCUT2D eigenvalue weighted by Gasteiger charge is -2.06. The van der Waals surface area contributed by atoms with Crippen molar-refractivity contribution in [2.24, 2.45) is 0 Å². The zero-order valence-corrected chi connectivity index (χ0v) is 13.6. The lowest BCUT2D eigenvalue weighted by atomic mass is 10.1. The summed E-state index contributed by atoms with van der Waals surface area (Å²) in [6.45, 7) is 0.710. The van der Waals surface area contributed by atoms with Gasteiger partial charge in [0.1, 0.15) is 5.75 Å². The maximum Gasteiger partial charge on any atom is 0.248 e. The fourth-order valence-electron chi connectivity index (χ4n) is 2.32. The molecule has 2 aromatic rings. The lowest BCUT2D eigenvalue weighted by molar-refractivity contribution is -0.111. The number of fused-ring (bicyclic) bond motifs is 1. The van der Waals surface area contributed by atoms with Crippen molar-refractivity contribution in [3.8, 4) is 5.75 Å². The number of nitrogens with one attached hydrogen (secondary N) is 1. The van der Waals surface area contributed by atoms with E-state index in [1.165, 1.54) is 6.08 Å². The number of carbonyl (C=O) groups is 1. The van der Waals surface area contributed by atoms with E-state index < -0.39 is 0 Å². The molecule has 0 bridgehead atoms. The molecule has 2 aromatic carbocycles. The Morgan fingerprint density at radius 1 is 1.22 bits per heavy atom. The minimum Gasteiger partial charge on any atom is -0.493 e. The van der Waals surface area contributed by atoms with Gasteiger partial charge in [-0.3, -0.25) is 4.79 Å². The van der Waals surface area contributed by atoms with E-state index in [0.717, 1.165) is 23.3 Å². The van der Waals surface area contributed by atoms with Crippen molar-refractivity contribution in [1.82, 2.24) is 0 Å². The second-order valence-corrected chi connectivity index (χ2v) is 5.96.